The van der Waals surface area contributed by atoms with Crippen molar-refractivity contribution in [1.82, 2.24) is 14.6 Å². The molecule has 1 aliphatic rings. The Morgan fingerprint density at radius 3 is 2.53 bits per heavy atom. The van der Waals surface area contributed by atoms with Gasteiger partial charge in [-0.15, -0.1) is 0 Å². The second-order valence-corrected chi connectivity index (χ2v) is 11.3. The van der Waals surface area contributed by atoms with E-state index in [1.807, 2.05) is 4.98 Å². The third-order valence-corrected chi connectivity index (χ3v) is 7.33. The van der Waals surface area contributed by atoms with Crippen molar-refractivity contribution in [3.63, 3.8) is 0 Å². The van der Waals surface area contributed by atoms with Crippen LogP contribution in [0.25, 0.3) is 0 Å². The molecule has 0 spiro atoms. The molecule has 4 unspecified atom stereocenters. The summed E-state index contributed by atoms with van der Waals surface area (Å²) in [4.78, 5) is 37.7. The molecular weight excluding hydrogens is 528 g/mol. The van der Waals surface area contributed by atoms with Crippen molar-refractivity contribution in [2.24, 2.45) is 0 Å². The number of carbonyl (C=O) groups is 1. The van der Waals surface area contributed by atoms with Crippen molar-refractivity contribution < 1.29 is 42.7 Å². The SMILES string of the molecule is CC(C)OC(=O)C(C)NP(=O)(COC[C@@]1(F)OC(n2ccc(=O)[nH]c2=O)[C@](C)(O)C1O)Oc1ccccc1. The lowest BCUT2D eigenvalue weighted by Crippen LogP contribution is -2.50. The molecule has 0 aliphatic carbocycles. The smallest absolute Gasteiger partial charge is 0.342 e. The molecule has 6 atom stereocenters. The quantitative estimate of drug-likeness (QED) is 0.228. The molecule has 38 heavy (non-hydrogen) atoms. The van der Waals surface area contributed by atoms with Crippen molar-refractivity contribution in [1.29, 1.82) is 0 Å². The number of aliphatic hydroxyl groups excluding tert-OH is 1. The number of nitrogens with one attached hydrogen (secondary N) is 2. The highest BCUT2D eigenvalue weighted by atomic mass is 31.2. The van der Waals surface area contributed by atoms with Gasteiger partial charge in [0.2, 0.25) is 0 Å². The van der Waals surface area contributed by atoms with Crippen LogP contribution < -0.4 is 20.9 Å². The molecule has 1 aromatic heterocycles. The predicted octanol–water partition coefficient (Wildman–Crippen LogP) is 1.02. The number of ether oxygens (including phenoxy) is 3. The Balaban J connectivity index is 1.77. The summed E-state index contributed by atoms with van der Waals surface area (Å²) >= 11 is 0. The van der Waals surface area contributed by atoms with Gasteiger partial charge >= 0.3 is 19.2 Å². The molecule has 0 bridgehead atoms. The van der Waals surface area contributed by atoms with E-state index in [0.717, 1.165) is 19.2 Å². The van der Waals surface area contributed by atoms with E-state index in [4.69, 9.17) is 18.7 Å². The molecule has 0 amide bonds. The van der Waals surface area contributed by atoms with E-state index >= 15 is 4.39 Å². The number of alkyl halides is 1. The zero-order valence-corrected chi connectivity index (χ0v) is 22.1. The lowest BCUT2D eigenvalue weighted by atomic mass is 9.95. The van der Waals surface area contributed by atoms with Gasteiger partial charge in [-0.05, 0) is 39.8 Å². The van der Waals surface area contributed by atoms with Crippen molar-refractivity contribution >= 4 is 13.5 Å². The molecule has 13 nitrogen and oxygen atoms in total. The summed E-state index contributed by atoms with van der Waals surface area (Å²) in [6.07, 6.45) is -4.20. The number of esters is 1. The standard InChI is InChI=1S/C23H31FN3O10P/c1-14(2)35-18(29)15(3)26-38(33,37-16-8-6-5-7-9-16)13-34-12-23(24)19(30)22(4,32)20(36-23)27-11-10-17(28)25-21(27)31/h5-11,14-15,19-20,30,32H,12-13H2,1-4H3,(H,26,33)(H,25,28,31)/t15?,19?,20?,22-,23-,38?/m1/s1. The van der Waals surface area contributed by atoms with Crippen LogP contribution in [-0.2, 0) is 23.6 Å². The van der Waals surface area contributed by atoms with Gasteiger partial charge in [-0.2, -0.15) is 0 Å². The number of rotatable bonds is 11. The number of para-hydroxylation sites is 1. The van der Waals surface area contributed by atoms with E-state index in [-0.39, 0.29) is 5.75 Å². The molecule has 3 rings (SSSR count). The lowest BCUT2D eigenvalue weighted by Gasteiger charge is -2.28. The molecule has 2 heterocycles. The molecule has 210 valence electrons. The minimum Gasteiger partial charge on any atom is -0.462 e. The van der Waals surface area contributed by atoms with Crippen LogP contribution in [0, 0.1) is 0 Å². The Labute approximate surface area is 217 Å². The number of aliphatic hydroxyl groups is 2. The first kappa shape index (κ1) is 29.7. The summed E-state index contributed by atoms with van der Waals surface area (Å²) in [7, 11) is -4.05. The number of aromatic nitrogens is 2. The van der Waals surface area contributed by atoms with Gasteiger partial charge < -0.3 is 28.9 Å². The van der Waals surface area contributed by atoms with Gasteiger partial charge in [0.1, 0.15) is 36.5 Å². The molecule has 1 aliphatic heterocycles. The van der Waals surface area contributed by atoms with Crippen LogP contribution in [0.4, 0.5) is 4.39 Å². The van der Waals surface area contributed by atoms with Crippen molar-refractivity contribution in [3.05, 3.63) is 63.4 Å². The number of aromatic amines is 1. The normalized spacial score (nSPS) is 27.6. The molecule has 15 heteroatoms. The number of H-pyrrole nitrogens is 1. The highest BCUT2D eigenvalue weighted by Gasteiger charge is 2.63. The lowest BCUT2D eigenvalue weighted by molar-refractivity contribution is -0.213. The molecule has 2 aromatic rings. The van der Waals surface area contributed by atoms with Gasteiger partial charge in [-0.1, -0.05) is 18.2 Å². The number of nitrogens with zero attached hydrogens (tertiary/aromatic N) is 1. The van der Waals surface area contributed by atoms with Gasteiger partial charge in [0.25, 0.3) is 11.4 Å². The van der Waals surface area contributed by atoms with Gasteiger partial charge in [0.05, 0.1) is 6.10 Å². The van der Waals surface area contributed by atoms with E-state index in [1.165, 1.54) is 19.1 Å². The van der Waals surface area contributed by atoms with E-state index in [0.29, 0.717) is 4.57 Å². The number of carbonyl (C=O) groups excluding carboxylic acids is 1. The highest BCUT2D eigenvalue weighted by Crippen LogP contribution is 2.47. The molecule has 1 saturated heterocycles. The number of halogens is 1. The summed E-state index contributed by atoms with van der Waals surface area (Å²) in [5.41, 5.74) is -4.07. The zero-order chi connectivity index (χ0) is 28.3. The van der Waals surface area contributed by atoms with Crippen LogP contribution in [-0.4, -0.2) is 68.4 Å². The molecule has 0 radical (unpaired) electrons. The fourth-order valence-corrected chi connectivity index (χ4v) is 5.40. The second-order valence-electron chi connectivity index (χ2n) is 9.29. The van der Waals surface area contributed by atoms with Crippen LogP contribution in [0.15, 0.2) is 52.2 Å². The van der Waals surface area contributed by atoms with Crippen LogP contribution in [0.1, 0.15) is 33.9 Å². The largest absolute Gasteiger partial charge is 0.462 e. The molecule has 1 aromatic carbocycles. The first-order chi connectivity index (χ1) is 17.7. The minimum atomic E-state index is -4.05. The number of hydrogen-bond donors (Lipinski definition) is 4. The first-order valence-electron chi connectivity index (χ1n) is 11.7. The monoisotopic (exact) mass is 559 g/mol. The molecule has 1 fully saturated rings. The summed E-state index contributed by atoms with van der Waals surface area (Å²) in [5.74, 6) is -3.61. The Morgan fingerprint density at radius 1 is 1.26 bits per heavy atom. The van der Waals surface area contributed by atoms with Gasteiger partial charge in [-0.3, -0.25) is 23.7 Å². The fourth-order valence-electron chi connectivity index (χ4n) is 3.73. The van der Waals surface area contributed by atoms with Crippen LogP contribution in [0.3, 0.4) is 0 Å². The zero-order valence-electron chi connectivity index (χ0n) is 21.2. The molecule has 0 saturated carbocycles. The third-order valence-electron chi connectivity index (χ3n) is 5.53. The number of hydrogen-bond acceptors (Lipinski definition) is 10. The second kappa shape index (κ2) is 11.5. The predicted molar refractivity (Wildman–Crippen MR) is 131 cm³/mol. The topological polar surface area (TPSA) is 178 Å². The van der Waals surface area contributed by atoms with Crippen molar-refractivity contribution in [3.8, 4) is 5.75 Å². The van der Waals surface area contributed by atoms with Crippen LogP contribution >= 0.6 is 7.52 Å². The maximum atomic E-state index is 15.7. The van der Waals surface area contributed by atoms with Crippen LogP contribution in [0.2, 0.25) is 0 Å². The highest BCUT2D eigenvalue weighted by molar-refractivity contribution is 7.57. The maximum Gasteiger partial charge on any atom is 0.342 e. The summed E-state index contributed by atoms with van der Waals surface area (Å²) in [6.45, 7) is 4.67. The van der Waals surface area contributed by atoms with E-state index in [2.05, 4.69) is 5.09 Å². The first-order valence-corrected chi connectivity index (χ1v) is 13.5. The third kappa shape index (κ3) is 6.76. The Bertz CT molecular complexity index is 1280. The summed E-state index contributed by atoms with van der Waals surface area (Å²) in [5, 5.41) is 23.8. The Hall–Kier alpha value is -2.87. The molecular formula is C23H31FN3O10P. The average Bonchev–Trinajstić information content (AvgIpc) is 2.99. The van der Waals surface area contributed by atoms with E-state index < -0.39 is 73.6 Å². The Morgan fingerprint density at radius 2 is 1.92 bits per heavy atom. The van der Waals surface area contributed by atoms with Gasteiger partial charge in [0.15, 0.2) is 6.23 Å². The summed E-state index contributed by atoms with van der Waals surface area (Å²) in [6, 6.07) is 7.82. The molecule has 4 N–H and O–H groups in total. The fraction of sp³-hybridized carbons (Fsp3) is 0.522. The Kier molecular flexibility index (Phi) is 8.97. The average molecular weight is 559 g/mol. The number of benzene rings is 1. The van der Waals surface area contributed by atoms with Crippen LogP contribution in [0.5, 0.6) is 5.75 Å². The van der Waals surface area contributed by atoms with Crippen molar-refractivity contribution in [2.45, 2.75) is 63.6 Å². The summed E-state index contributed by atoms with van der Waals surface area (Å²) < 4.78 is 51.2. The minimum absolute atomic E-state index is 0.170. The van der Waals surface area contributed by atoms with Gasteiger partial charge in [0, 0.05) is 12.3 Å². The van der Waals surface area contributed by atoms with Crippen molar-refractivity contribution in [2.75, 3.05) is 13.0 Å². The van der Waals surface area contributed by atoms with E-state index in [9.17, 15) is 29.2 Å². The maximum absolute atomic E-state index is 15.7. The van der Waals surface area contributed by atoms with Gasteiger partial charge in [-0.25, -0.2) is 14.3 Å². The van der Waals surface area contributed by atoms with E-state index in [1.54, 1.807) is 32.0 Å².